The van der Waals surface area contributed by atoms with Crippen LogP contribution in [-0.4, -0.2) is 41.6 Å². The van der Waals surface area contributed by atoms with E-state index in [1.54, 1.807) is 4.90 Å². The van der Waals surface area contributed by atoms with E-state index in [1.807, 2.05) is 0 Å². The maximum Gasteiger partial charge on any atom is 0.269 e. The summed E-state index contributed by atoms with van der Waals surface area (Å²) in [7, 11) is 0. The van der Waals surface area contributed by atoms with Crippen LogP contribution in [-0.2, 0) is 9.53 Å². The zero-order chi connectivity index (χ0) is 9.19. The molecule has 0 aromatic rings. The standard InChI is InChI=1S/C6H10Cl2N2O2/c7-6(8,5(9)11)10-1-3-12-4-2-10/h1-4H2,(H2,9,11). The van der Waals surface area contributed by atoms with E-state index in [1.165, 1.54) is 0 Å². The zero-order valence-electron chi connectivity index (χ0n) is 6.43. The van der Waals surface area contributed by atoms with E-state index in [9.17, 15) is 4.79 Å². The van der Waals surface area contributed by atoms with Gasteiger partial charge in [0.05, 0.1) is 13.2 Å². The molecule has 1 fully saturated rings. The summed E-state index contributed by atoms with van der Waals surface area (Å²) in [5.41, 5.74) is 5.02. The second kappa shape index (κ2) is 3.79. The summed E-state index contributed by atoms with van der Waals surface area (Å²) in [6.07, 6.45) is 0. The number of morpholine rings is 1. The van der Waals surface area contributed by atoms with Gasteiger partial charge < -0.3 is 10.5 Å². The first-order valence-electron chi connectivity index (χ1n) is 3.55. The molecule has 1 heterocycles. The number of hydrogen-bond acceptors (Lipinski definition) is 3. The molecule has 0 aromatic heterocycles. The average molecular weight is 213 g/mol. The fourth-order valence-corrected chi connectivity index (χ4v) is 1.34. The van der Waals surface area contributed by atoms with E-state index in [0.717, 1.165) is 0 Å². The third kappa shape index (κ3) is 2.01. The van der Waals surface area contributed by atoms with Crippen molar-refractivity contribution in [3.63, 3.8) is 0 Å². The molecule has 12 heavy (non-hydrogen) atoms. The topological polar surface area (TPSA) is 55.6 Å². The molecule has 0 bridgehead atoms. The van der Waals surface area contributed by atoms with Crippen molar-refractivity contribution in [1.82, 2.24) is 4.90 Å². The maximum atomic E-state index is 10.8. The molecule has 0 spiro atoms. The van der Waals surface area contributed by atoms with Gasteiger partial charge in [-0.15, -0.1) is 0 Å². The zero-order valence-corrected chi connectivity index (χ0v) is 7.94. The Hall–Kier alpha value is -0.0300. The number of hydrogen-bond donors (Lipinski definition) is 1. The lowest BCUT2D eigenvalue weighted by molar-refractivity contribution is -0.123. The maximum absolute atomic E-state index is 10.8. The van der Waals surface area contributed by atoms with Gasteiger partial charge in [-0.1, -0.05) is 23.2 Å². The van der Waals surface area contributed by atoms with Gasteiger partial charge in [-0.3, -0.25) is 9.69 Å². The van der Waals surface area contributed by atoms with Gasteiger partial charge >= 0.3 is 0 Å². The van der Waals surface area contributed by atoms with Gasteiger partial charge in [0.25, 0.3) is 10.4 Å². The first-order valence-corrected chi connectivity index (χ1v) is 4.31. The molecule has 0 atom stereocenters. The summed E-state index contributed by atoms with van der Waals surface area (Å²) in [6.45, 7) is 2.09. The van der Waals surface area contributed by atoms with Crippen LogP contribution in [0.2, 0.25) is 0 Å². The number of alkyl halides is 2. The molecule has 1 rings (SSSR count). The summed E-state index contributed by atoms with van der Waals surface area (Å²) in [4.78, 5) is 12.4. The molecule has 0 radical (unpaired) electrons. The molecule has 2 N–H and O–H groups in total. The van der Waals surface area contributed by atoms with Crippen LogP contribution in [0.4, 0.5) is 0 Å². The molecule has 1 amide bonds. The molecule has 6 heteroatoms. The highest BCUT2D eigenvalue weighted by Crippen LogP contribution is 2.26. The van der Waals surface area contributed by atoms with Crippen molar-refractivity contribution < 1.29 is 9.53 Å². The Morgan fingerprint density at radius 3 is 2.33 bits per heavy atom. The fourth-order valence-electron chi connectivity index (χ4n) is 1.00. The number of nitrogens with zero attached hydrogens (tertiary/aromatic N) is 1. The van der Waals surface area contributed by atoms with Crippen LogP contribution in [0.1, 0.15) is 0 Å². The molecule has 4 nitrogen and oxygen atoms in total. The Kier molecular flexibility index (Phi) is 3.17. The predicted molar refractivity (Wildman–Crippen MR) is 46.0 cm³/mol. The lowest BCUT2D eigenvalue weighted by Gasteiger charge is -2.34. The fraction of sp³-hybridized carbons (Fsp3) is 0.833. The summed E-state index contributed by atoms with van der Waals surface area (Å²) in [6, 6.07) is 0. The minimum Gasteiger partial charge on any atom is -0.379 e. The molecule has 0 unspecified atom stereocenters. The van der Waals surface area contributed by atoms with Crippen molar-refractivity contribution in [3.8, 4) is 0 Å². The van der Waals surface area contributed by atoms with Gasteiger partial charge in [0.1, 0.15) is 0 Å². The van der Waals surface area contributed by atoms with Crippen molar-refractivity contribution >= 4 is 29.1 Å². The monoisotopic (exact) mass is 212 g/mol. The van der Waals surface area contributed by atoms with Crippen molar-refractivity contribution in [2.24, 2.45) is 5.73 Å². The normalized spacial score (nSPS) is 20.8. The highest BCUT2D eigenvalue weighted by Gasteiger charge is 2.39. The molecular formula is C6H10Cl2N2O2. The van der Waals surface area contributed by atoms with E-state index < -0.39 is 10.4 Å². The third-order valence-electron chi connectivity index (χ3n) is 1.70. The van der Waals surface area contributed by atoms with E-state index in [2.05, 4.69) is 0 Å². The number of halogens is 2. The summed E-state index contributed by atoms with van der Waals surface area (Å²) in [5.74, 6) is -0.743. The third-order valence-corrected chi connectivity index (χ3v) is 2.56. The molecule has 1 aliphatic rings. The Bertz CT molecular complexity index is 180. The summed E-state index contributed by atoms with van der Waals surface area (Å²) >= 11 is 11.4. The first kappa shape index (κ1) is 10.1. The summed E-state index contributed by atoms with van der Waals surface area (Å²) in [5, 5.41) is 0. The van der Waals surface area contributed by atoms with Gasteiger partial charge in [0, 0.05) is 13.1 Å². The van der Waals surface area contributed by atoms with E-state index >= 15 is 0 Å². The number of carbonyl (C=O) groups excluding carboxylic acids is 1. The van der Waals surface area contributed by atoms with Crippen LogP contribution in [0.3, 0.4) is 0 Å². The Labute approximate surface area is 80.5 Å². The number of carbonyl (C=O) groups is 1. The lowest BCUT2D eigenvalue weighted by atomic mass is 10.4. The molecule has 0 aromatic carbocycles. The van der Waals surface area contributed by atoms with Gasteiger partial charge in [-0.05, 0) is 0 Å². The first-order chi connectivity index (χ1) is 5.55. The van der Waals surface area contributed by atoms with Crippen LogP contribution in [0, 0.1) is 0 Å². The van der Waals surface area contributed by atoms with Crippen molar-refractivity contribution in [2.45, 2.75) is 4.46 Å². The van der Waals surface area contributed by atoms with Gasteiger partial charge in [0.2, 0.25) is 0 Å². The Balaban J connectivity index is 2.59. The van der Waals surface area contributed by atoms with Crippen LogP contribution in [0.15, 0.2) is 0 Å². The van der Waals surface area contributed by atoms with Crippen molar-refractivity contribution in [1.29, 1.82) is 0 Å². The van der Waals surface area contributed by atoms with Crippen molar-refractivity contribution in [3.05, 3.63) is 0 Å². The van der Waals surface area contributed by atoms with Crippen LogP contribution in [0.5, 0.6) is 0 Å². The smallest absolute Gasteiger partial charge is 0.269 e. The number of nitrogens with two attached hydrogens (primary N) is 1. The number of amides is 1. The number of ether oxygens (including phenoxy) is 1. The quantitative estimate of drug-likeness (QED) is 0.516. The van der Waals surface area contributed by atoms with E-state index in [0.29, 0.717) is 26.3 Å². The predicted octanol–water partition coefficient (Wildman–Crippen LogP) is -0.0647. The van der Waals surface area contributed by atoms with Crippen molar-refractivity contribution in [2.75, 3.05) is 26.3 Å². The highest BCUT2D eigenvalue weighted by atomic mass is 35.5. The molecule has 1 saturated heterocycles. The van der Waals surface area contributed by atoms with Crippen LogP contribution >= 0.6 is 23.2 Å². The van der Waals surface area contributed by atoms with Crippen LogP contribution < -0.4 is 5.73 Å². The molecule has 70 valence electrons. The Morgan fingerprint density at radius 1 is 1.42 bits per heavy atom. The molecule has 0 saturated carbocycles. The minimum absolute atomic E-state index is 0.522. The molecular weight excluding hydrogens is 203 g/mol. The number of rotatable bonds is 2. The second-order valence-corrected chi connectivity index (χ2v) is 3.79. The van der Waals surface area contributed by atoms with Crippen LogP contribution in [0.25, 0.3) is 0 Å². The SMILES string of the molecule is NC(=O)C(Cl)(Cl)N1CCOCC1. The lowest BCUT2D eigenvalue weighted by Crippen LogP contribution is -2.53. The second-order valence-electron chi connectivity index (χ2n) is 2.50. The molecule has 0 aliphatic carbocycles. The number of primary amides is 1. The van der Waals surface area contributed by atoms with Gasteiger partial charge in [0.15, 0.2) is 0 Å². The highest BCUT2D eigenvalue weighted by molar-refractivity contribution is 6.57. The largest absolute Gasteiger partial charge is 0.379 e. The average Bonchev–Trinajstić information content (AvgIpc) is 2.06. The van der Waals surface area contributed by atoms with Gasteiger partial charge in [-0.2, -0.15) is 0 Å². The van der Waals surface area contributed by atoms with E-state index in [4.69, 9.17) is 33.7 Å². The summed E-state index contributed by atoms with van der Waals surface area (Å²) < 4.78 is 3.47. The van der Waals surface area contributed by atoms with Gasteiger partial charge in [-0.25, -0.2) is 0 Å². The minimum atomic E-state index is -1.59. The van der Waals surface area contributed by atoms with E-state index in [-0.39, 0.29) is 0 Å². The Morgan fingerprint density at radius 2 is 1.92 bits per heavy atom. The molecule has 1 aliphatic heterocycles.